The van der Waals surface area contributed by atoms with Crippen LogP contribution in [0, 0.1) is 13.8 Å². The number of hydrogen-bond donors (Lipinski definition) is 0. The fourth-order valence-electron chi connectivity index (χ4n) is 8.40. The van der Waals surface area contributed by atoms with Crippen molar-refractivity contribution in [3.8, 4) is 33.4 Å². The molecule has 0 radical (unpaired) electrons. The summed E-state index contributed by atoms with van der Waals surface area (Å²) in [6, 6.07) is 65.3. The normalized spacial score (nSPS) is 11.1. The Morgan fingerprint density at radius 1 is 0.475 bits per heavy atom. The second-order valence-electron chi connectivity index (χ2n) is 15.1. The predicted molar refractivity (Wildman–Crippen MR) is 260 cm³/mol. The third kappa shape index (κ3) is 7.89. The molecule has 0 unspecified atom stereocenters. The lowest BCUT2D eigenvalue weighted by Gasteiger charge is -2.26. The van der Waals surface area contributed by atoms with Crippen molar-refractivity contribution in [1.82, 2.24) is 0 Å². The molecular formula is C58H49N. The van der Waals surface area contributed by atoms with Crippen LogP contribution in [0.25, 0.3) is 77.9 Å². The molecule has 59 heavy (non-hydrogen) atoms. The first kappa shape index (κ1) is 38.6. The van der Waals surface area contributed by atoms with E-state index in [9.17, 15) is 0 Å². The van der Waals surface area contributed by atoms with Gasteiger partial charge in [-0.25, -0.2) is 0 Å². The molecule has 1 heteroatoms. The van der Waals surface area contributed by atoms with Gasteiger partial charge in [0.05, 0.1) is 5.69 Å². The number of fused-ring (bicyclic) bond motifs is 3. The van der Waals surface area contributed by atoms with Gasteiger partial charge in [-0.05, 0) is 109 Å². The summed E-state index contributed by atoms with van der Waals surface area (Å²) >= 11 is 0. The van der Waals surface area contributed by atoms with Crippen LogP contribution in [0.1, 0.15) is 28.7 Å². The van der Waals surface area contributed by atoms with Gasteiger partial charge in [0.2, 0.25) is 0 Å². The molecular weight excluding hydrogens is 711 g/mol. The zero-order valence-corrected chi connectivity index (χ0v) is 34.2. The van der Waals surface area contributed by atoms with Crippen LogP contribution in [0.5, 0.6) is 0 Å². The van der Waals surface area contributed by atoms with Crippen LogP contribution in [-0.4, -0.2) is 7.05 Å². The van der Waals surface area contributed by atoms with Crippen LogP contribution < -0.4 is 4.90 Å². The molecule has 0 saturated carbocycles. The molecule has 9 aromatic rings. The van der Waals surface area contributed by atoms with Crippen molar-refractivity contribution in [3.05, 3.63) is 230 Å². The van der Waals surface area contributed by atoms with E-state index in [4.69, 9.17) is 0 Å². The highest BCUT2D eigenvalue weighted by atomic mass is 15.1. The van der Waals surface area contributed by atoms with Gasteiger partial charge in [-0.2, -0.15) is 0 Å². The van der Waals surface area contributed by atoms with Gasteiger partial charge in [0, 0.05) is 23.7 Å². The molecule has 1 nitrogen and oxygen atoms in total. The SMILES string of the molecule is C=CC/C=C\c1c(C)cc2ccccc2c1N(C)c1ccccc1C.C=Cc1ccc(-c2ccc3c(-c4ccccc4)c4ccccc4c(-c4ccccc4)c3c2)cc1. The standard InChI is InChI=1S/C34H24.C24H25N/c1-2-24-17-19-25(20-18-24)28-21-22-31-32(23-28)34(27-13-7-4-8-14-27)30-16-10-9-15-29(30)33(31)26-11-5-3-6-12-26;1-5-6-7-14-21-19(3)17-20-13-9-10-15-22(20)24(21)25(4)23-16-11-8-12-18(23)2/h2-23H,1H2;5,7-17H,1,6H2,2-4H3/b;14-7-. The van der Waals surface area contributed by atoms with Crippen LogP contribution in [0.3, 0.4) is 0 Å². The minimum absolute atomic E-state index is 0.875. The number of rotatable bonds is 9. The first-order chi connectivity index (χ1) is 29.0. The fraction of sp³-hybridized carbons (Fsp3) is 0.0690. The number of para-hydroxylation sites is 1. The van der Waals surface area contributed by atoms with E-state index >= 15 is 0 Å². The first-order valence-corrected chi connectivity index (χ1v) is 20.4. The fourth-order valence-corrected chi connectivity index (χ4v) is 8.40. The first-order valence-electron chi connectivity index (χ1n) is 20.4. The van der Waals surface area contributed by atoms with Crippen molar-refractivity contribution in [2.75, 3.05) is 11.9 Å². The third-order valence-electron chi connectivity index (χ3n) is 11.3. The summed E-state index contributed by atoms with van der Waals surface area (Å²) in [5.74, 6) is 0. The molecule has 0 N–H and O–H groups in total. The summed E-state index contributed by atoms with van der Waals surface area (Å²) in [5, 5.41) is 7.65. The number of anilines is 2. The predicted octanol–water partition coefficient (Wildman–Crippen LogP) is 16.5. The van der Waals surface area contributed by atoms with Crippen molar-refractivity contribution in [2.24, 2.45) is 0 Å². The van der Waals surface area contributed by atoms with E-state index in [0.717, 1.165) is 12.0 Å². The molecule has 9 rings (SSSR count). The Labute approximate surface area is 349 Å². The molecule has 0 saturated heterocycles. The molecule has 0 spiro atoms. The van der Waals surface area contributed by atoms with Crippen molar-refractivity contribution < 1.29 is 0 Å². The van der Waals surface area contributed by atoms with Crippen molar-refractivity contribution in [3.63, 3.8) is 0 Å². The number of allylic oxidation sites excluding steroid dienone is 2. The van der Waals surface area contributed by atoms with Gasteiger partial charge in [0.15, 0.2) is 0 Å². The number of nitrogens with zero attached hydrogens (tertiary/aromatic N) is 1. The maximum atomic E-state index is 3.89. The van der Waals surface area contributed by atoms with Gasteiger partial charge in [0.1, 0.15) is 0 Å². The molecule has 0 aliphatic heterocycles. The highest BCUT2D eigenvalue weighted by molar-refractivity contribution is 6.22. The van der Waals surface area contributed by atoms with E-state index in [2.05, 4.69) is 233 Å². The van der Waals surface area contributed by atoms with E-state index in [1.165, 1.54) is 93.8 Å². The summed E-state index contributed by atoms with van der Waals surface area (Å²) in [7, 11) is 2.16. The van der Waals surface area contributed by atoms with Crippen LogP contribution in [-0.2, 0) is 0 Å². The van der Waals surface area contributed by atoms with Crippen LogP contribution in [0.4, 0.5) is 11.4 Å². The van der Waals surface area contributed by atoms with Crippen LogP contribution >= 0.6 is 0 Å². The Balaban J connectivity index is 0.000000173. The quantitative estimate of drug-likeness (QED) is 0.105. The van der Waals surface area contributed by atoms with Gasteiger partial charge in [-0.3, -0.25) is 0 Å². The van der Waals surface area contributed by atoms with Gasteiger partial charge in [-0.1, -0.05) is 201 Å². The van der Waals surface area contributed by atoms with Gasteiger partial charge in [-0.15, -0.1) is 6.58 Å². The van der Waals surface area contributed by atoms with Gasteiger partial charge < -0.3 is 4.90 Å². The number of hydrogen-bond acceptors (Lipinski definition) is 1. The Morgan fingerprint density at radius 3 is 1.64 bits per heavy atom. The minimum atomic E-state index is 0.875. The molecule has 0 aliphatic rings. The second kappa shape index (κ2) is 17.5. The smallest absolute Gasteiger partial charge is 0.0564 e. The summed E-state index contributed by atoms with van der Waals surface area (Å²) in [6.45, 7) is 12.1. The second-order valence-corrected chi connectivity index (χ2v) is 15.1. The molecule has 0 aromatic heterocycles. The Morgan fingerprint density at radius 2 is 1.02 bits per heavy atom. The van der Waals surface area contributed by atoms with E-state index in [-0.39, 0.29) is 0 Å². The molecule has 0 fully saturated rings. The van der Waals surface area contributed by atoms with Crippen LogP contribution in [0.2, 0.25) is 0 Å². The summed E-state index contributed by atoms with van der Waals surface area (Å²) in [6.07, 6.45) is 9.10. The molecule has 0 atom stereocenters. The average molecular weight is 760 g/mol. The number of aryl methyl sites for hydroxylation is 2. The lowest BCUT2D eigenvalue weighted by atomic mass is 9.85. The molecule has 0 bridgehead atoms. The Bertz CT molecular complexity index is 2950. The molecule has 0 heterocycles. The minimum Gasteiger partial charge on any atom is -0.343 e. The third-order valence-corrected chi connectivity index (χ3v) is 11.3. The molecule has 0 amide bonds. The largest absolute Gasteiger partial charge is 0.343 e. The summed E-state index contributed by atoms with van der Waals surface area (Å²) in [5.41, 5.74) is 14.9. The van der Waals surface area contributed by atoms with E-state index < -0.39 is 0 Å². The monoisotopic (exact) mass is 759 g/mol. The van der Waals surface area contributed by atoms with E-state index in [0.29, 0.717) is 0 Å². The average Bonchev–Trinajstić information content (AvgIpc) is 3.29. The van der Waals surface area contributed by atoms with Gasteiger partial charge in [0.25, 0.3) is 0 Å². The summed E-state index contributed by atoms with van der Waals surface area (Å²) < 4.78 is 0. The van der Waals surface area contributed by atoms with Crippen molar-refractivity contribution >= 4 is 55.8 Å². The summed E-state index contributed by atoms with van der Waals surface area (Å²) in [4.78, 5) is 2.32. The highest BCUT2D eigenvalue weighted by Gasteiger charge is 2.18. The number of benzene rings is 9. The lowest BCUT2D eigenvalue weighted by Crippen LogP contribution is -2.13. The Kier molecular flexibility index (Phi) is 11.5. The maximum Gasteiger partial charge on any atom is 0.0564 e. The zero-order chi connectivity index (χ0) is 40.7. The maximum absolute atomic E-state index is 3.89. The highest BCUT2D eigenvalue weighted by Crippen LogP contribution is 2.45. The topological polar surface area (TPSA) is 3.24 Å². The van der Waals surface area contributed by atoms with Gasteiger partial charge >= 0.3 is 0 Å². The van der Waals surface area contributed by atoms with E-state index in [1.54, 1.807) is 0 Å². The Hall–Kier alpha value is -7.22. The van der Waals surface area contributed by atoms with Crippen molar-refractivity contribution in [2.45, 2.75) is 20.3 Å². The van der Waals surface area contributed by atoms with E-state index in [1.807, 2.05) is 12.2 Å². The molecule has 0 aliphatic carbocycles. The zero-order valence-electron chi connectivity index (χ0n) is 34.2. The molecule has 9 aromatic carbocycles. The van der Waals surface area contributed by atoms with Crippen molar-refractivity contribution in [1.29, 1.82) is 0 Å². The van der Waals surface area contributed by atoms with Crippen LogP contribution in [0.15, 0.2) is 207 Å². The lowest BCUT2D eigenvalue weighted by molar-refractivity contribution is 1.18. The molecule has 286 valence electrons.